The molecule has 1 aromatic carbocycles. The van der Waals surface area contributed by atoms with Crippen LogP contribution in [0.25, 0.3) is 0 Å². The number of hydrogen-bond donors (Lipinski definition) is 0. The van der Waals surface area contributed by atoms with Gasteiger partial charge in [0, 0.05) is 16.4 Å². The molecule has 0 amide bonds. The van der Waals surface area contributed by atoms with Crippen LogP contribution in [0.4, 0.5) is 0 Å². The van der Waals surface area contributed by atoms with Gasteiger partial charge < -0.3 is 0 Å². The highest BCUT2D eigenvalue weighted by atomic mass is 35.5. The fourth-order valence-corrected chi connectivity index (χ4v) is 3.32. The van der Waals surface area contributed by atoms with E-state index >= 15 is 0 Å². The lowest BCUT2D eigenvalue weighted by Crippen LogP contribution is -2.28. The molecule has 1 aliphatic rings. The van der Waals surface area contributed by atoms with E-state index in [0.717, 1.165) is 37.1 Å². The number of Topliss-reactive ketones (excluding diaryl/α,β-unsaturated/α-hetero) is 1. The van der Waals surface area contributed by atoms with Gasteiger partial charge in [-0.05, 0) is 49.8 Å². The lowest BCUT2D eigenvalue weighted by atomic mass is 9.78. The van der Waals surface area contributed by atoms with Gasteiger partial charge in [0.05, 0.1) is 0 Å². The fraction of sp³-hybridized carbons (Fsp3) is 0.562. The molecule has 0 heterocycles. The molecule has 0 spiro atoms. The van der Waals surface area contributed by atoms with Crippen molar-refractivity contribution < 1.29 is 4.79 Å². The van der Waals surface area contributed by atoms with E-state index in [1.54, 1.807) is 0 Å². The van der Waals surface area contributed by atoms with Gasteiger partial charge >= 0.3 is 0 Å². The van der Waals surface area contributed by atoms with Gasteiger partial charge in [0.15, 0.2) is 0 Å². The Labute approximate surface area is 115 Å². The number of carbonyl (C=O) groups is 1. The first-order valence-corrected chi connectivity index (χ1v) is 7.28. The summed E-state index contributed by atoms with van der Waals surface area (Å²) in [7, 11) is 0. The van der Waals surface area contributed by atoms with E-state index in [4.69, 9.17) is 11.6 Å². The number of halogens is 1. The maximum absolute atomic E-state index is 12.5. The smallest absolute Gasteiger partial charge is 0.142 e. The van der Waals surface area contributed by atoms with Gasteiger partial charge in [-0.1, -0.05) is 37.6 Å². The molecule has 0 aromatic heterocycles. The Hall–Kier alpha value is -0.820. The van der Waals surface area contributed by atoms with E-state index in [-0.39, 0.29) is 11.3 Å². The standard InChI is InChI=1S/C16H21ClO/c1-3-16(4-2)10-9-13(15(16)18)11-12-5-7-14(17)8-6-12/h5-8,13H,3-4,9-11H2,1-2H3. The molecule has 1 nitrogen and oxygen atoms in total. The third-order valence-electron chi connectivity index (χ3n) is 4.61. The molecule has 0 bridgehead atoms. The second kappa shape index (κ2) is 5.44. The summed E-state index contributed by atoms with van der Waals surface area (Å²) < 4.78 is 0. The second-order valence-electron chi connectivity index (χ2n) is 5.42. The highest BCUT2D eigenvalue weighted by molar-refractivity contribution is 6.30. The van der Waals surface area contributed by atoms with Crippen molar-refractivity contribution in [1.29, 1.82) is 0 Å². The predicted molar refractivity (Wildman–Crippen MR) is 75.9 cm³/mol. The highest BCUT2D eigenvalue weighted by Gasteiger charge is 2.44. The molecule has 0 N–H and O–H groups in total. The van der Waals surface area contributed by atoms with Crippen LogP contribution >= 0.6 is 11.6 Å². The SMILES string of the molecule is CCC1(CC)CCC(Cc2ccc(Cl)cc2)C1=O. The van der Waals surface area contributed by atoms with E-state index < -0.39 is 0 Å². The summed E-state index contributed by atoms with van der Waals surface area (Å²) in [6.07, 6.45) is 4.96. The Morgan fingerprint density at radius 1 is 1.22 bits per heavy atom. The van der Waals surface area contributed by atoms with Crippen molar-refractivity contribution in [2.24, 2.45) is 11.3 Å². The molecule has 18 heavy (non-hydrogen) atoms. The highest BCUT2D eigenvalue weighted by Crippen LogP contribution is 2.44. The molecule has 1 unspecified atom stereocenters. The van der Waals surface area contributed by atoms with Crippen LogP contribution in [0, 0.1) is 11.3 Å². The number of carbonyl (C=O) groups excluding carboxylic acids is 1. The van der Waals surface area contributed by atoms with Crippen LogP contribution in [0.1, 0.15) is 45.1 Å². The first kappa shape index (κ1) is 13.6. The lowest BCUT2D eigenvalue weighted by molar-refractivity contribution is -0.129. The average molecular weight is 265 g/mol. The van der Waals surface area contributed by atoms with Crippen LogP contribution in [-0.4, -0.2) is 5.78 Å². The van der Waals surface area contributed by atoms with Gasteiger partial charge in [-0.3, -0.25) is 4.79 Å². The van der Waals surface area contributed by atoms with Crippen molar-refractivity contribution in [2.75, 3.05) is 0 Å². The van der Waals surface area contributed by atoms with Crippen molar-refractivity contribution >= 4 is 17.4 Å². The average Bonchev–Trinajstić information content (AvgIpc) is 2.70. The van der Waals surface area contributed by atoms with Crippen LogP contribution in [-0.2, 0) is 11.2 Å². The summed E-state index contributed by atoms with van der Waals surface area (Å²) in [6, 6.07) is 7.88. The maximum atomic E-state index is 12.5. The van der Waals surface area contributed by atoms with E-state index in [1.165, 1.54) is 5.56 Å². The zero-order valence-corrected chi connectivity index (χ0v) is 12.0. The fourth-order valence-electron chi connectivity index (χ4n) is 3.19. The van der Waals surface area contributed by atoms with Gasteiger partial charge in [0.2, 0.25) is 0 Å². The first-order chi connectivity index (χ1) is 8.61. The van der Waals surface area contributed by atoms with Gasteiger partial charge in [-0.25, -0.2) is 0 Å². The molecule has 0 radical (unpaired) electrons. The topological polar surface area (TPSA) is 17.1 Å². The molecule has 98 valence electrons. The van der Waals surface area contributed by atoms with Crippen LogP contribution in [0.2, 0.25) is 5.02 Å². The summed E-state index contributed by atoms with van der Waals surface area (Å²) >= 11 is 5.88. The summed E-state index contributed by atoms with van der Waals surface area (Å²) in [4.78, 5) is 12.5. The van der Waals surface area contributed by atoms with Crippen molar-refractivity contribution in [3.8, 4) is 0 Å². The third-order valence-corrected chi connectivity index (χ3v) is 4.87. The van der Waals surface area contributed by atoms with E-state index in [1.807, 2.05) is 24.3 Å². The first-order valence-electron chi connectivity index (χ1n) is 6.90. The molecular formula is C16H21ClO. The number of benzene rings is 1. The Morgan fingerprint density at radius 3 is 2.33 bits per heavy atom. The minimum atomic E-state index is -0.0307. The number of ketones is 1. The van der Waals surface area contributed by atoms with Crippen LogP contribution in [0.3, 0.4) is 0 Å². The largest absolute Gasteiger partial charge is 0.299 e. The number of hydrogen-bond acceptors (Lipinski definition) is 1. The van der Waals surface area contributed by atoms with Gasteiger partial charge in [0.25, 0.3) is 0 Å². The molecule has 2 heteroatoms. The summed E-state index contributed by atoms with van der Waals surface area (Å²) in [5.74, 6) is 0.702. The molecule has 1 aliphatic carbocycles. The lowest BCUT2D eigenvalue weighted by Gasteiger charge is -2.24. The monoisotopic (exact) mass is 264 g/mol. The van der Waals surface area contributed by atoms with E-state index in [9.17, 15) is 4.79 Å². The van der Waals surface area contributed by atoms with Gasteiger partial charge in [0.1, 0.15) is 5.78 Å². The molecule has 0 aliphatic heterocycles. The zero-order chi connectivity index (χ0) is 13.2. The van der Waals surface area contributed by atoms with Crippen LogP contribution in [0.5, 0.6) is 0 Å². The van der Waals surface area contributed by atoms with Crippen molar-refractivity contribution in [2.45, 2.75) is 46.0 Å². The minimum Gasteiger partial charge on any atom is -0.299 e. The Kier molecular flexibility index (Phi) is 4.11. The molecule has 1 aromatic rings. The van der Waals surface area contributed by atoms with Crippen LogP contribution < -0.4 is 0 Å². The molecule has 1 atom stereocenters. The predicted octanol–water partition coefficient (Wildman–Crippen LogP) is 4.67. The normalized spacial score (nSPS) is 22.4. The summed E-state index contributed by atoms with van der Waals surface area (Å²) in [5.41, 5.74) is 1.19. The maximum Gasteiger partial charge on any atom is 0.142 e. The molecular weight excluding hydrogens is 244 g/mol. The van der Waals surface area contributed by atoms with E-state index in [2.05, 4.69) is 13.8 Å². The summed E-state index contributed by atoms with van der Waals surface area (Å²) in [5, 5.41) is 0.757. The van der Waals surface area contributed by atoms with E-state index in [0.29, 0.717) is 5.78 Å². The molecule has 1 saturated carbocycles. The third kappa shape index (κ3) is 2.47. The summed E-state index contributed by atoms with van der Waals surface area (Å²) in [6.45, 7) is 4.29. The molecule has 2 rings (SSSR count). The van der Waals surface area contributed by atoms with Crippen molar-refractivity contribution in [1.82, 2.24) is 0 Å². The number of rotatable bonds is 4. The quantitative estimate of drug-likeness (QED) is 0.772. The second-order valence-corrected chi connectivity index (χ2v) is 5.85. The van der Waals surface area contributed by atoms with Crippen LogP contribution in [0.15, 0.2) is 24.3 Å². The zero-order valence-electron chi connectivity index (χ0n) is 11.2. The van der Waals surface area contributed by atoms with Gasteiger partial charge in [-0.2, -0.15) is 0 Å². The molecule has 1 fully saturated rings. The van der Waals surface area contributed by atoms with Crippen molar-refractivity contribution in [3.05, 3.63) is 34.9 Å². The minimum absolute atomic E-state index is 0.0307. The van der Waals surface area contributed by atoms with Crippen molar-refractivity contribution in [3.63, 3.8) is 0 Å². The molecule has 0 saturated heterocycles. The Bertz CT molecular complexity index is 417. The Morgan fingerprint density at radius 2 is 1.83 bits per heavy atom. The van der Waals surface area contributed by atoms with Gasteiger partial charge in [-0.15, -0.1) is 0 Å². The Balaban J connectivity index is 2.08.